The van der Waals surface area contributed by atoms with Crippen LogP contribution < -0.4 is 11.1 Å². The maximum absolute atomic E-state index is 6.14. The summed E-state index contributed by atoms with van der Waals surface area (Å²) < 4.78 is 1.90. The number of nitrogens with two attached hydrogens (primary N) is 1. The Balaban J connectivity index is 2.22. The number of hydrogen-bond donors (Lipinski definition) is 2. The van der Waals surface area contributed by atoms with Crippen molar-refractivity contribution < 1.29 is 0 Å². The van der Waals surface area contributed by atoms with Gasteiger partial charge in [-0.1, -0.05) is 29.8 Å². The van der Waals surface area contributed by atoms with Gasteiger partial charge in [0, 0.05) is 17.6 Å². The molecule has 0 aliphatic rings. The standard InChI is InChI=1S/C14H19ClN4/c1-9(2)19-14(13(16)10(3)18-19)17-8-11-6-4-5-7-12(11)15/h4-7,9,17H,8,16H2,1-3H3. The SMILES string of the molecule is Cc1nn(C(C)C)c(NCc2ccccc2Cl)c1N. The molecule has 3 N–H and O–H groups in total. The molecule has 0 aliphatic carbocycles. The number of rotatable bonds is 4. The summed E-state index contributed by atoms with van der Waals surface area (Å²) in [6.45, 7) is 6.69. The first-order valence-electron chi connectivity index (χ1n) is 6.32. The van der Waals surface area contributed by atoms with E-state index in [0.717, 1.165) is 22.1 Å². The molecule has 1 aromatic carbocycles. The number of benzene rings is 1. The van der Waals surface area contributed by atoms with Gasteiger partial charge >= 0.3 is 0 Å². The van der Waals surface area contributed by atoms with E-state index < -0.39 is 0 Å². The fraction of sp³-hybridized carbons (Fsp3) is 0.357. The second-order valence-electron chi connectivity index (χ2n) is 4.83. The summed E-state index contributed by atoms with van der Waals surface area (Å²) in [6, 6.07) is 8.02. The van der Waals surface area contributed by atoms with Crippen molar-refractivity contribution in [1.29, 1.82) is 0 Å². The smallest absolute Gasteiger partial charge is 0.148 e. The number of aryl methyl sites for hydroxylation is 1. The molecule has 0 radical (unpaired) electrons. The normalized spacial score (nSPS) is 11.0. The first-order valence-corrected chi connectivity index (χ1v) is 6.70. The van der Waals surface area contributed by atoms with E-state index in [1.54, 1.807) is 0 Å². The van der Waals surface area contributed by atoms with Crippen molar-refractivity contribution in [3.05, 3.63) is 40.5 Å². The third-order valence-electron chi connectivity index (χ3n) is 3.03. The van der Waals surface area contributed by atoms with E-state index in [9.17, 15) is 0 Å². The van der Waals surface area contributed by atoms with Crippen LogP contribution in [-0.2, 0) is 6.54 Å². The largest absolute Gasteiger partial charge is 0.394 e. The number of nitrogen functional groups attached to an aromatic ring is 1. The van der Waals surface area contributed by atoms with Crippen molar-refractivity contribution >= 4 is 23.1 Å². The lowest BCUT2D eigenvalue weighted by Gasteiger charge is -2.14. The lowest BCUT2D eigenvalue weighted by molar-refractivity contribution is 0.534. The molecular weight excluding hydrogens is 260 g/mol. The maximum atomic E-state index is 6.14. The van der Waals surface area contributed by atoms with Gasteiger partial charge in [-0.25, -0.2) is 4.68 Å². The van der Waals surface area contributed by atoms with Crippen LogP contribution >= 0.6 is 11.6 Å². The maximum Gasteiger partial charge on any atom is 0.148 e. The van der Waals surface area contributed by atoms with E-state index in [4.69, 9.17) is 17.3 Å². The van der Waals surface area contributed by atoms with Gasteiger partial charge in [0.1, 0.15) is 5.82 Å². The number of aromatic nitrogens is 2. The molecule has 0 atom stereocenters. The van der Waals surface area contributed by atoms with Crippen LogP contribution in [0.4, 0.5) is 11.5 Å². The molecule has 0 saturated carbocycles. The van der Waals surface area contributed by atoms with Crippen LogP contribution in [0.15, 0.2) is 24.3 Å². The van der Waals surface area contributed by atoms with E-state index in [1.165, 1.54) is 0 Å². The van der Waals surface area contributed by atoms with Crippen molar-refractivity contribution in [2.24, 2.45) is 0 Å². The Kier molecular flexibility index (Phi) is 4.00. The molecule has 2 aromatic rings. The number of hydrogen-bond acceptors (Lipinski definition) is 3. The van der Waals surface area contributed by atoms with Gasteiger partial charge in [-0.15, -0.1) is 0 Å². The summed E-state index contributed by atoms with van der Waals surface area (Å²) in [6.07, 6.45) is 0. The van der Waals surface area contributed by atoms with Gasteiger partial charge in [0.05, 0.1) is 11.4 Å². The second kappa shape index (κ2) is 5.53. The second-order valence-corrected chi connectivity index (χ2v) is 5.24. The van der Waals surface area contributed by atoms with Crippen LogP contribution in [0.3, 0.4) is 0 Å². The summed E-state index contributed by atoms with van der Waals surface area (Å²) in [5.41, 5.74) is 8.64. The van der Waals surface area contributed by atoms with Gasteiger partial charge < -0.3 is 11.1 Å². The van der Waals surface area contributed by atoms with E-state index in [2.05, 4.69) is 24.3 Å². The molecule has 1 heterocycles. The molecule has 0 unspecified atom stereocenters. The highest BCUT2D eigenvalue weighted by Gasteiger charge is 2.14. The fourth-order valence-electron chi connectivity index (χ4n) is 1.93. The molecule has 0 bridgehead atoms. The van der Waals surface area contributed by atoms with Crippen LogP contribution in [0.5, 0.6) is 0 Å². The van der Waals surface area contributed by atoms with Crippen LogP contribution in [0.1, 0.15) is 31.1 Å². The lowest BCUT2D eigenvalue weighted by atomic mass is 10.2. The monoisotopic (exact) mass is 278 g/mol. The van der Waals surface area contributed by atoms with E-state index in [0.29, 0.717) is 12.2 Å². The molecule has 102 valence electrons. The first kappa shape index (κ1) is 13.7. The number of nitrogens with one attached hydrogen (secondary N) is 1. The van der Waals surface area contributed by atoms with Crippen LogP contribution in [0.25, 0.3) is 0 Å². The zero-order valence-corrected chi connectivity index (χ0v) is 12.2. The number of anilines is 2. The Labute approximate surface area is 118 Å². The predicted octanol–water partition coefficient (Wildman–Crippen LogP) is 3.62. The molecule has 2 rings (SSSR count). The third-order valence-corrected chi connectivity index (χ3v) is 3.39. The predicted molar refractivity (Wildman–Crippen MR) is 80.5 cm³/mol. The minimum atomic E-state index is 0.254. The minimum absolute atomic E-state index is 0.254. The Morgan fingerprint density at radius 1 is 1.37 bits per heavy atom. The van der Waals surface area contributed by atoms with Crippen LogP contribution in [0.2, 0.25) is 5.02 Å². The summed E-state index contributed by atoms with van der Waals surface area (Å²) >= 11 is 6.14. The Morgan fingerprint density at radius 3 is 2.68 bits per heavy atom. The molecule has 0 spiro atoms. The molecule has 0 fully saturated rings. The fourth-order valence-corrected chi connectivity index (χ4v) is 2.13. The Bertz CT molecular complexity index is 575. The zero-order valence-electron chi connectivity index (χ0n) is 11.4. The summed E-state index contributed by atoms with van der Waals surface area (Å²) in [5.74, 6) is 0.854. The number of halogens is 1. The lowest BCUT2D eigenvalue weighted by Crippen LogP contribution is -2.11. The van der Waals surface area contributed by atoms with Crippen LogP contribution in [-0.4, -0.2) is 9.78 Å². The third kappa shape index (κ3) is 2.84. The molecule has 4 nitrogen and oxygen atoms in total. The van der Waals surface area contributed by atoms with Crippen LogP contribution in [0, 0.1) is 6.92 Å². The number of nitrogens with zero attached hydrogens (tertiary/aromatic N) is 2. The average Bonchev–Trinajstić information content (AvgIpc) is 2.65. The molecule has 5 heteroatoms. The molecule has 1 aromatic heterocycles. The Morgan fingerprint density at radius 2 is 2.05 bits per heavy atom. The molecular formula is C14H19ClN4. The minimum Gasteiger partial charge on any atom is -0.394 e. The summed E-state index contributed by atoms with van der Waals surface area (Å²) in [5, 5.41) is 8.52. The van der Waals surface area contributed by atoms with Crippen molar-refractivity contribution in [3.8, 4) is 0 Å². The van der Waals surface area contributed by atoms with Gasteiger partial charge in [0.25, 0.3) is 0 Å². The van der Waals surface area contributed by atoms with Crippen molar-refractivity contribution in [2.45, 2.75) is 33.4 Å². The van der Waals surface area contributed by atoms with Crippen molar-refractivity contribution in [3.63, 3.8) is 0 Å². The molecule has 19 heavy (non-hydrogen) atoms. The van der Waals surface area contributed by atoms with Gasteiger partial charge in [-0.3, -0.25) is 0 Å². The summed E-state index contributed by atoms with van der Waals surface area (Å²) in [4.78, 5) is 0. The van der Waals surface area contributed by atoms with Gasteiger partial charge in [-0.2, -0.15) is 5.10 Å². The highest BCUT2D eigenvalue weighted by molar-refractivity contribution is 6.31. The summed E-state index contributed by atoms with van der Waals surface area (Å²) in [7, 11) is 0. The van der Waals surface area contributed by atoms with E-state index >= 15 is 0 Å². The van der Waals surface area contributed by atoms with E-state index in [-0.39, 0.29) is 6.04 Å². The molecule has 0 saturated heterocycles. The first-order chi connectivity index (χ1) is 9.00. The van der Waals surface area contributed by atoms with Gasteiger partial charge in [0.2, 0.25) is 0 Å². The highest BCUT2D eigenvalue weighted by atomic mass is 35.5. The highest BCUT2D eigenvalue weighted by Crippen LogP contribution is 2.26. The molecule has 0 aliphatic heterocycles. The van der Waals surface area contributed by atoms with Crippen molar-refractivity contribution in [1.82, 2.24) is 9.78 Å². The van der Waals surface area contributed by atoms with Crippen molar-refractivity contribution in [2.75, 3.05) is 11.1 Å². The Hall–Kier alpha value is -1.68. The van der Waals surface area contributed by atoms with E-state index in [1.807, 2.05) is 35.9 Å². The zero-order chi connectivity index (χ0) is 14.0. The van der Waals surface area contributed by atoms with Gasteiger partial charge in [-0.05, 0) is 32.4 Å². The average molecular weight is 279 g/mol. The quantitative estimate of drug-likeness (QED) is 0.898. The van der Waals surface area contributed by atoms with Gasteiger partial charge in [0.15, 0.2) is 0 Å². The topological polar surface area (TPSA) is 55.9 Å². The molecule has 0 amide bonds.